The molecule has 33 heavy (non-hydrogen) atoms. The lowest BCUT2D eigenvalue weighted by molar-refractivity contribution is -0.134. The molecule has 1 saturated heterocycles. The van der Waals surface area contributed by atoms with Crippen LogP contribution in [-0.2, 0) is 19.6 Å². The number of carbonyl (C=O) groups excluding carboxylic acids is 2. The fraction of sp³-hybridized carbons (Fsp3) is 0.417. The number of hydrogen-bond donors (Lipinski definition) is 2. The molecule has 2 aromatic carbocycles. The number of nitrogens with zero attached hydrogens (tertiary/aromatic N) is 1. The van der Waals surface area contributed by atoms with Crippen LogP contribution >= 0.6 is 0 Å². The second-order valence-corrected chi connectivity index (χ2v) is 9.88. The van der Waals surface area contributed by atoms with E-state index < -0.39 is 10.0 Å². The van der Waals surface area contributed by atoms with E-state index in [0.717, 1.165) is 12.8 Å². The van der Waals surface area contributed by atoms with Crippen LogP contribution < -0.4 is 14.8 Å². The Morgan fingerprint density at radius 1 is 1.12 bits per heavy atom. The maximum Gasteiger partial charge on any atom is 0.262 e. The summed E-state index contributed by atoms with van der Waals surface area (Å²) in [7, 11) is -2.33. The Morgan fingerprint density at radius 3 is 2.48 bits per heavy atom. The molecule has 0 aromatic heterocycles. The predicted octanol–water partition coefficient (Wildman–Crippen LogP) is 3.78. The molecule has 0 bridgehead atoms. The summed E-state index contributed by atoms with van der Waals surface area (Å²) < 4.78 is 33.7. The third-order valence-corrected chi connectivity index (χ3v) is 7.22. The molecule has 1 atom stereocenters. The maximum atomic E-state index is 13.0. The number of benzene rings is 2. The molecule has 2 amide bonds. The Bertz CT molecular complexity index is 1100. The third kappa shape index (κ3) is 6.25. The number of likely N-dealkylation sites (tertiary alicyclic amines) is 1. The van der Waals surface area contributed by atoms with Crippen molar-refractivity contribution in [1.82, 2.24) is 4.90 Å². The van der Waals surface area contributed by atoms with Gasteiger partial charge in [-0.05, 0) is 68.1 Å². The summed E-state index contributed by atoms with van der Waals surface area (Å²) in [5.41, 5.74) is 1.37. The second kappa shape index (κ2) is 10.7. The molecule has 1 unspecified atom stereocenters. The fourth-order valence-electron chi connectivity index (χ4n) is 3.87. The van der Waals surface area contributed by atoms with Crippen molar-refractivity contribution in [2.75, 3.05) is 30.2 Å². The Morgan fingerprint density at radius 2 is 1.82 bits per heavy atom. The van der Waals surface area contributed by atoms with Crippen LogP contribution in [0.5, 0.6) is 5.75 Å². The highest BCUT2D eigenvalue weighted by Gasteiger charge is 2.28. The van der Waals surface area contributed by atoms with Crippen molar-refractivity contribution in [1.29, 1.82) is 0 Å². The summed E-state index contributed by atoms with van der Waals surface area (Å²) in [6.45, 7) is 4.72. The number of aryl methyl sites for hydroxylation is 1. The van der Waals surface area contributed by atoms with Gasteiger partial charge in [0.15, 0.2) is 0 Å². The second-order valence-electron chi connectivity index (χ2n) is 8.23. The van der Waals surface area contributed by atoms with E-state index >= 15 is 0 Å². The number of hydrogen-bond acceptors (Lipinski definition) is 5. The monoisotopic (exact) mass is 473 g/mol. The summed E-state index contributed by atoms with van der Waals surface area (Å²) in [5, 5.41) is 2.84. The van der Waals surface area contributed by atoms with Gasteiger partial charge in [-0.25, -0.2) is 8.42 Å². The minimum Gasteiger partial charge on any atom is -0.497 e. The Balaban J connectivity index is 1.72. The number of amides is 2. The van der Waals surface area contributed by atoms with Crippen molar-refractivity contribution >= 4 is 33.2 Å². The van der Waals surface area contributed by atoms with Crippen LogP contribution in [0.4, 0.5) is 11.4 Å². The molecule has 178 valence electrons. The van der Waals surface area contributed by atoms with Gasteiger partial charge in [0, 0.05) is 30.9 Å². The van der Waals surface area contributed by atoms with E-state index in [9.17, 15) is 18.0 Å². The number of methoxy groups -OCH3 is 1. The first-order valence-electron chi connectivity index (χ1n) is 11.1. The van der Waals surface area contributed by atoms with Gasteiger partial charge < -0.3 is 15.0 Å². The van der Waals surface area contributed by atoms with Gasteiger partial charge in [0.1, 0.15) is 5.75 Å². The summed E-state index contributed by atoms with van der Waals surface area (Å²) in [6, 6.07) is 11.4. The van der Waals surface area contributed by atoms with E-state index in [4.69, 9.17) is 4.74 Å². The standard InChI is InChI=1S/C24H31N3O5S/c1-4-6-23(28)27-14-5-7-18(16-27)24(29)25-20-9-8-17(2)22(15-20)33(30,31)26-19-10-12-21(32-3)13-11-19/h8-13,15,18,26H,4-7,14,16H2,1-3H3,(H,25,29). The van der Waals surface area contributed by atoms with Crippen molar-refractivity contribution in [3.8, 4) is 5.75 Å². The molecule has 9 heteroatoms. The van der Waals surface area contributed by atoms with E-state index in [0.29, 0.717) is 48.6 Å². The molecule has 0 spiro atoms. The van der Waals surface area contributed by atoms with Crippen LogP contribution in [0.25, 0.3) is 0 Å². The molecule has 0 saturated carbocycles. The van der Waals surface area contributed by atoms with E-state index in [1.54, 1.807) is 48.2 Å². The molecule has 1 aliphatic heterocycles. The van der Waals surface area contributed by atoms with Crippen LogP contribution in [-0.4, -0.2) is 45.3 Å². The molecule has 0 radical (unpaired) electrons. The maximum absolute atomic E-state index is 13.0. The quantitative estimate of drug-likeness (QED) is 0.607. The summed E-state index contributed by atoms with van der Waals surface area (Å²) in [4.78, 5) is 26.9. The zero-order valence-corrected chi connectivity index (χ0v) is 20.1. The van der Waals surface area contributed by atoms with Gasteiger partial charge in [-0.3, -0.25) is 14.3 Å². The number of ether oxygens (including phenoxy) is 1. The molecule has 1 aliphatic rings. The summed E-state index contributed by atoms with van der Waals surface area (Å²) in [6.07, 6.45) is 2.72. The first-order chi connectivity index (χ1) is 15.7. The zero-order valence-electron chi connectivity index (χ0n) is 19.3. The van der Waals surface area contributed by atoms with Gasteiger partial charge in [-0.2, -0.15) is 0 Å². The number of piperidine rings is 1. The fourth-order valence-corrected chi connectivity index (χ4v) is 5.20. The lowest BCUT2D eigenvalue weighted by Crippen LogP contribution is -2.43. The Kier molecular flexibility index (Phi) is 7.97. The van der Waals surface area contributed by atoms with Gasteiger partial charge in [-0.1, -0.05) is 13.0 Å². The van der Waals surface area contributed by atoms with Crippen LogP contribution in [0.3, 0.4) is 0 Å². The predicted molar refractivity (Wildman–Crippen MR) is 128 cm³/mol. The summed E-state index contributed by atoms with van der Waals surface area (Å²) in [5.74, 6) is 0.164. The van der Waals surface area contributed by atoms with E-state index in [1.807, 2.05) is 6.92 Å². The molecule has 1 heterocycles. The van der Waals surface area contributed by atoms with E-state index in [2.05, 4.69) is 10.0 Å². The number of sulfonamides is 1. The van der Waals surface area contributed by atoms with Crippen molar-refractivity contribution in [2.45, 2.75) is 44.4 Å². The van der Waals surface area contributed by atoms with Gasteiger partial charge in [0.25, 0.3) is 10.0 Å². The van der Waals surface area contributed by atoms with Crippen LogP contribution in [0, 0.1) is 12.8 Å². The molecular formula is C24H31N3O5S. The van der Waals surface area contributed by atoms with Crippen LogP contribution in [0.15, 0.2) is 47.4 Å². The van der Waals surface area contributed by atoms with Gasteiger partial charge in [-0.15, -0.1) is 0 Å². The largest absolute Gasteiger partial charge is 0.497 e. The highest BCUT2D eigenvalue weighted by atomic mass is 32.2. The first kappa shape index (κ1) is 24.6. The average molecular weight is 474 g/mol. The number of nitrogens with one attached hydrogen (secondary N) is 2. The van der Waals surface area contributed by atoms with E-state index in [-0.39, 0.29) is 22.6 Å². The topological polar surface area (TPSA) is 105 Å². The lowest BCUT2D eigenvalue weighted by Gasteiger charge is -2.32. The molecule has 2 aromatic rings. The van der Waals surface area contributed by atoms with Crippen LogP contribution in [0.2, 0.25) is 0 Å². The zero-order chi connectivity index (χ0) is 24.0. The van der Waals surface area contributed by atoms with Crippen molar-refractivity contribution in [3.63, 3.8) is 0 Å². The van der Waals surface area contributed by atoms with Gasteiger partial charge in [0.05, 0.1) is 17.9 Å². The Hall–Kier alpha value is -3.07. The number of rotatable bonds is 8. The normalized spacial score (nSPS) is 16.2. The first-order valence-corrected chi connectivity index (χ1v) is 12.6. The smallest absolute Gasteiger partial charge is 0.262 e. The minimum absolute atomic E-state index is 0.0725. The summed E-state index contributed by atoms with van der Waals surface area (Å²) >= 11 is 0. The van der Waals surface area contributed by atoms with Crippen molar-refractivity contribution in [3.05, 3.63) is 48.0 Å². The molecule has 0 aliphatic carbocycles. The molecule has 3 rings (SSSR count). The number of anilines is 2. The molecule has 8 nitrogen and oxygen atoms in total. The molecule has 2 N–H and O–H groups in total. The lowest BCUT2D eigenvalue weighted by atomic mass is 9.96. The Labute approximate surface area is 195 Å². The minimum atomic E-state index is -3.87. The SMILES string of the molecule is CCCC(=O)N1CCCC(C(=O)Nc2ccc(C)c(S(=O)(=O)Nc3ccc(OC)cc3)c2)C1. The number of carbonyl (C=O) groups is 2. The van der Waals surface area contributed by atoms with Gasteiger partial charge >= 0.3 is 0 Å². The highest BCUT2D eigenvalue weighted by molar-refractivity contribution is 7.92. The van der Waals surface area contributed by atoms with Crippen molar-refractivity contribution in [2.24, 2.45) is 5.92 Å². The van der Waals surface area contributed by atoms with E-state index in [1.165, 1.54) is 13.2 Å². The molecule has 1 fully saturated rings. The van der Waals surface area contributed by atoms with Gasteiger partial charge in [0.2, 0.25) is 11.8 Å². The average Bonchev–Trinajstić information content (AvgIpc) is 2.80. The van der Waals surface area contributed by atoms with Crippen molar-refractivity contribution < 1.29 is 22.7 Å². The molecular weight excluding hydrogens is 442 g/mol. The van der Waals surface area contributed by atoms with Crippen LogP contribution in [0.1, 0.15) is 38.2 Å². The highest BCUT2D eigenvalue weighted by Crippen LogP contribution is 2.25. The third-order valence-electron chi connectivity index (χ3n) is 5.70.